The van der Waals surface area contributed by atoms with Crippen LogP contribution in [-0.2, 0) is 6.42 Å². The van der Waals surface area contributed by atoms with Crippen LogP contribution < -0.4 is 15.5 Å². The number of nitrogens with one attached hydrogen (secondary N) is 3. The highest BCUT2D eigenvalue weighted by Gasteiger charge is 2.41. The summed E-state index contributed by atoms with van der Waals surface area (Å²) in [5.41, 5.74) is 3.54. The summed E-state index contributed by atoms with van der Waals surface area (Å²) in [6, 6.07) is 18.1. The average Bonchev–Trinajstić information content (AvgIpc) is 3.36. The van der Waals surface area contributed by atoms with Gasteiger partial charge in [0.15, 0.2) is 12.4 Å². The largest absolute Gasteiger partial charge is 0.424 e. The third-order valence-electron chi connectivity index (χ3n) is 8.24. The molecule has 3 atom stereocenters. The molecule has 5 rings (SSSR count). The third-order valence-corrected chi connectivity index (χ3v) is 8.24. The van der Waals surface area contributed by atoms with Gasteiger partial charge in [0.25, 0.3) is 0 Å². The van der Waals surface area contributed by atoms with Crippen molar-refractivity contribution in [3.63, 3.8) is 0 Å². The predicted octanol–water partition coefficient (Wildman–Crippen LogP) is 3.71. The van der Waals surface area contributed by atoms with Crippen molar-refractivity contribution in [2.45, 2.75) is 57.7 Å². The van der Waals surface area contributed by atoms with E-state index in [4.69, 9.17) is 0 Å². The fourth-order valence-electron chi connectivity index (χ4n) is 6.03. The van der Waals surface area contributed by atoms with Gasteiger partial charge in [-0.2, -0.15) is 13.2 Å². The maximum atomic E-state index is 13.7. The molecule has 4 N–H and O–H groups in total. The Morgan fingerprint density at radius 1 is 1.11 bits per heavy atom. The number of rotatable bonds is 7. The molecule has 0 bridgehead atoms. The van der Waals surface area contributed by atoms with Gasteiger partial charge in [0, 0.05) is 43.6 Å². The van der Waals surface area contributed by atoms with Gasteiger partial charge in [-0.25, -0.2) is 14.5 Å². The molecule has 0 saturated carbocycles. The lowest BCUT2D eigenvalue weighted by Gasteiger charge is -2.36. The lowest BCUT2D eigenvalue weighted by molar-refractivity contribution is -0.786. The van der Waals surface area contributed by atoms with E-state index in [2.05, 4.69) is 15.6 Å². The minimum absolute atomic E-state index is 0.0361. The van der Waals surface area contributed by atoms with Crippen LogP contribution in [-0.4, -0.2) is 76.9 Å². The first-order valence-corrected chi connectivity index (χ1v) is 15.0. The van der Waals surface area contributed by atoms with Crippen LogP contribution in [0.4, 0.5) is 22.8 Å². The second-order valence-corrected chi connectivity index (χ2v) is 11.4. The summed E-state index contributed by atoms with van der Waals surface area (Å²) < 4.78 is 41.2. The van der Waals surface area contributed by atoms with Gasteiger partial charge in [0.1, 0.15) is 18.8 Å². The molecule has 0 aliphatic carbocycles. The number of benzene rings is 2. The van der Waals surface area contributed by atoms with Crippen LogP contribution in [0.2, 0.25) is 0 Å². The van der Waals surface area contributed by atoms with Gasteiger partial charge in [0.2, 0.25) is 0 Å². The quantitative estimate of drug-likeness (QED) is 0.378. The standard InChI is InChI=1S/C33H37F3N6O3/c1-3-10-27-22(2)28(24-13-8-5-9-14-24)38-29(30(43)42(27)21-33(34,35)36)39-31(44)40-17-15-26(16-18-40)41-20-25(37-32(41)45)19-23-11-6-4-7-12-23/h3-14,20,26,29-30,43H,15-19,21H2,1-2H3,(H,37,45)(H,39,44)/p+1/b10-3-/t29-,30?/m0/s1. The number of hydrogen-bond donors (Lipinski definition) is 4. The lowest BCUT2D eigenvalue weighted by Crippen LogP contribution is -3.14. The van der Waals surface area contributed by atoms with E-state index in [1.165, 1.54) is 6.08 Å². The van der Waals surface area contributed by atoms with E-state index < -0.39 is 31.1 Å². The van der Waals surface area contributed by atoms with E-state index in [0.29, 0.717) is 54.1 Å². The maximum absolute atomic E-state index is 13.7. The zero-order valence-electron chi connectivity index (χ0n) is 25.2. The summed E-state index contributed by atoms with van der Waals surface area (Å²) in [5, 5.41) is 17.0. The number of halogens is 3. The first-order valence-electron chi connectivity index (χ1n) is 15.0. The van der Waals surface area contributed by atoms with E-state index in [0.717, 1.165) is 16.2 Å². The van der Waals surface area contributed by atoms with Crippen LogP contribution >= 0.6 is 0 Å². The van der Waals surface area contributed by atoms with Gasteiger partial charge in [-0.1, -0.05) is 66.7 Å². The topological polar surface area (TPSA) is 102 Å². The van der Waals surface area contributed by atoms with Crippen LogP contribution in [0, 0.1) is 0 Å². The number of carbonyl (C=O) groups is 2. The van der Waals surface area contributed by atoms with Crippen molar-refractivity contribution in [2.24, 2.45) is 4.99 Å². The lowest BCUT2D eigenvalue weighted by atomic mass is 10.0. The number of nitrogens with zero attached hydrogens (tertiary/aromatic N) is 3. The van der Waals surface area contributed by atoms with Crippen molar-refractivity contribution in [3.05, 3.63) is 107 Å². The molecule has 2 aromatic carbocycles. The van der Waals surface area contributed by atoms with Crippen LogP contribution in [0.25, 0.3) is 0 Å². The van der Waals surface area contributed by atoms with Crippen molar-refractivity contribution in [1.29, 1.82) is 0 Å². The van der Waals surface area contributed by atoms with Gasteiger partial charge in [-0.05, 0) is 31.1 Å². The molecule has 0 aromatic heterocycles. The minimum Gasteiger partial charge on any atom is -0.370 e. The minimum atomic E-state index is -4.62. The fourth-order valence-corrected chi connectivity index (χ4v) is 6.03. The Morgan fingerprint density at radius 2 is 1.76 bits per heavy atom. The Labute approximate surface area is 260 Å². The summed E-state index contributed by atoms with van der Waals surface area (Å²) >= 11 is 0. The number of allylic oxidation sites excluding steroid dienone is 4. The molecule has 45 heavy (non-hydrogen) atoms. The van der Waals surface area contributed by atoms with Crippen LogP contribution in [0.1, 0.15) is 37.8 Å². The second kappa shape index (κ2) is 13.7. The molecule has 1 saturated heterocycles. The Bertz CT molecular complexity index is 1500. The van der Waals surface area contributed by atoms with Crippen molar-refractivity contribution in [3.8, 4) is 0 Å². The Morgan fingerprint density at radius 3 is 2.38 bits per heavy atom. The summed E-state index contributed by atoms with van der Waals surface area (Å²) in [5.74, 6) is 0. The van der Waals surface area contributed by atoms with Gasteiger partial charge in [-0.15, -0.1) is 0 Å². The summed E-state index contributed by atoms with van der Waals surface area (Å²) in [6.45, 7) is 2.57. The number of carbonyl (C=O) groups excluding carboxylic acids is 2. The van der Waals surface area contributed by atoms with Gasteiger partial charge >= 0.3 is 18.2 Å². The number of likely N-dealkylation sites (tertiary alicyclic amines) is 1. The number of hydrogen-bond acceptors (Lipinski definition) is 5. The molecular formula is C33H38F3N6O3+. The number of aliphatic hydroxyl groups is 1. The Kier molecular flexibility index (Phi) is 9.74. The Balaban J connectivity index is 1.31. The molecule has 0 radical (unpaired) electrons. The van der Waals surface area contributed by atoms with E-state index in [1.54, 1.807) is 49.1 Å². The van der Waals surface area contributed by atoms with Crippen molar-refractivity contribution < 1.29 is 32.8 Å². The van der Waals surface area contributed by atoms with Gasteiger partial charge in [-0.3, -0.25) is 10.3 Å². The van der Waals surface area contributed by atoms with Crippen molar-refractivity contribution in [1.82, 2.24) is 20.4 Å². The van der Waals surface area contributed by atoms with E-state index in [1.807, 2.05) is 42.6 Å². The molecule has 0 spiro atoms. The van der Waals surface area contributed by atoms with Crippen LogP contribution in [0.5, 0.6) is 0 Å². The average molecular weight is 624 g/mol. The molecule has 238 valence electrons. The summed E-state index contributed by atoms with van der Waals surface area (Å²) in [7, 11) is 0. The SMILES string of the molecule is C/C=C\C1=C(C)C(c2ccccc2)=N[C@@H](NC(=O)N2CCC([NH+]3C=C(Cc4ccccc4)NC3=O)CC2)C(O)N1CC(F)(F)F. The second-order valence-electron chi connectivity index (χ2n) is 11.4. The van der Waals surface area contributed by atoms with Crippen LogP contribution in [0.15, 0.2) is 101 Å². The highest BCUT2D eigenvalue weighted by molar-refractivity contribution is 6.13. The maximum Gasteiger partial charge on any atom is 0.424 e. The zero-order valence-corrected chi connectivity index (χ0v) is 25.2. The first kappa shape index (κ1) is 32.0. The highest BCUT2D eigenvalue weighted by Crippen LogP contribution is 2.29. The molecule has 2 aromatic rings. The zero-order chi connectivity index (χ0) is 32.1. The third kappa shape index (κ3) is 7.63. The smallest absolute Gasteiger partial charge is 0.370 e. The molecular weight excluding hydrogens is 585 g/mol. The number of aliphatic imine (C=N–C) groups is 1. The number of quaternary nitrogens is 1. The molecule has 2 unspecified atom stereocenters. The molecule has 1 fully saturated rings. The number of urea groups is 2. The molecule has 12 heteroatoms. The molecule has 9 nitrogen and oxygen atoms in total. The molecule has 3 aliphatic rings. The summed E-state index contributed by atoms with van der Waals surface area (Å²) in [4.78, 5) is 33.9. The molecule has 4 amide bonds. The highest BCUT2D eigenvalue weighted by atomic mass is 19.4. The molecule has 3 aliphatic heterocycles. The molecule has 3 heterocycles. The van der Waals surface area contributed by atoms with Gasteiger partial charge < -0.3 is 20.2 Å². The number of amides is 4. The van der Waals surface area contributed by atoms with Gasteiger partial charge in [0.05, 0.1) is 11.4 Å². The van der Waals surface area contributed by atoms with E-state index >= 15 is 0 Å². The number of aliphatic hydroxyl groups excluding tert-OH is 1. The van der Waals surface area contributed by atoms with Crippen LogP contribution in [0.3, 0.4) is 0 Å². The van der Waals surface area contributed by atoms with E-state index in [9.17, 15) is 27.9 Å². The van der Waals surface area contributed by atoms with Crippen molar-refractivity contribution >= 4 is 17.8 Å². The number of alkyl halides is 3. The van der Waals surface area contributed by atoms with E-state index in [-0.39, 0.29) is 17.8 Å². The first-order chi connectivity index (χ1) is 21.5. The Hall–Kier alpha value is -4.42. The summed E-state index contributed by atoms with van der Waals surface area (Å²) in [6.07, 6.45) is -1.08. The fraction of sp³-hybridized carbons (Fsp3) is 0.364. The normalized spacial score (nSPS) is 23.2. The predicted molar refractivity (Wildman–Crippen MR) is 164 cm³/mol. The number of piperidine rings is 1. The van der Waals surface area contributed by atoms with Crippen molar-refractivity contribution in [2.75, 3.05) is 19.6 Å². The monoisotopic (exact) mass is 623 g/mol.